The van der Waals surface area contributed by atoms with E-state index in [4.69, 9.17) is 16.3 Å². The minimum Gasteiger partial charge on any atom is -0.454 e. The average molecular weight is 339 g/mol. The summed E-state index contributed by atoms with van der Waals surface area (Å²) in [7, 11) is 0. The zero-order chi connectivity index (χ0) is 16.8. The number of nitrogens with zero attached hydrogens (tertiary/aromatic N) is 2. The summed E-state index contributed by atoms with van der Waals surface area (Å²) in [5.74, 6) is -0.0773. The van der Waals surface area contributed by atoms with Gasteiger partial charge in [-0.3, -0.25) is 14.9 Å². The molecule has 0 bridgehead atoms. The number of amides is 1. The summed E-state index contributed by atoms with van der Waals surface area (Å²) in [6.07, 6.45) is 3.84. The number of benzene rings is 1. The highest BCUT2D eigenvalue weighted by atomic mass is 35.5. The van der Waals surface area contributed by atoms with Crippen molar-refractivity contribution in [2.45, 2.75) is 13.3 Å². The molecule has 1 aliphatic rings. The fraction of sp³-hybridized carbons (Fsp3) is 0.286. The van der Waals surface area contributed by atoms with E-state index < -0.39 is 10.8 Å². The third kappa shape index (κ3) is 4.19. The SMILES string of the molecule is CCCNC(=O)c1cc([N+](=O)[O-])cc(OC2=CCNN=C2)c1Cl. The minimum atomic E-state index is -0.606. The topological polar surface area (TPSA) is 106 Å². The Kier molecular flexibility index (Phi) is 5.53. The van der Waals surface area contributed by atoms with E-state index in [1.54, 1.807) is 6.08 Å². The van der Waals surface area contributed by atoms with Gasteiger partial charge < -0.3 is 15.5 Å². The van der Waals surface area contributed by atoms with Crippen LogP contribution in [0.25, 0.3) is 0 Å². The first-order valence-corrected chi connectivity index (χ1v) is 7.30. The van der Waals surface area contributed by atoms with Crippen LogP contribution in [0.1, 0.15) is 23.7 Å². The van der Waals surface area contributed by atoms with Gasteiger partial charge in [0.1, 0.15) is 5.76 Å². The summed E-state index contributed by atoms with van der Waals surface area (Å²) in [5, 5.41) is 17.5. The number of non-ortho nitro benzene ring substituents is 1. The van der Waals surface area contributed by atoms with Crippen molar-refractivity contribution in [3.05, 3.63) is 44.7 Å². The lowest BCUT2D eigenvalue weighted by atomic mass is 10.1. The number of carbonyl (C=O) groups excluding carboxylic acids is 1. The molecule has 122 valence electrons. The van der Waals surface area contributed by atoms with Crippen LogP contribution in [0, 0.1) is 10.1 Å². The highest BCUT2D eigenvalue weighted by Gasteiger charge is 2.21. The summed E-state index contributed by atoms with van der Waals surface area (Å²) in [6.45, 7) is 2.80. The van der Waals surface area contributed by atoms with Crippen molar-refractivity contribution in [2.24, 2.45) is 5.10 Å². The quantitative estimate of drug-likeness (QED) is 0.611. The number of rotatable bonds is 6. The molecule has 1 aliphatic heterocycles. The van der Waals surface area contributed by atoms with Crippen LogP contribution in [0.5, 0.6) is 5.75 Å². The number of hydrogen-bond acceptors (Lipinski definition) is 6. The maximum Gasteiger partial charge on any atom is 0.274 e. The zero-order valence-electron chi connectivity index (χ0n) is 12.3. The lowest BCUT2D eigenvalue weighted by Crippen LogP contribution is -2.24. The van der Waals surface area contributed by atoms with Crippen molar-refractivity contribution < 1.29 is 14.5 Å². The number of nitro benzene ring substituents is 1. The number of allylic oxidation sites excluding steroid dienone is 1. The molecule has 1 aromatic rings. The van der Waals surface area contributed by atoms with Crippen molar-refractivity contribution in [1.29, 1.82) is 0 Å². The molecule has 0 saturated heterocycles. The van der Waals surface area contributed by atoms with E-state index in [0.29, 0.717) is 18.8 Å². The highest BCUT2D eigenvalue weighted by molar-refractivity contribution is 6.35. The zero-order valence-corrected chi connectivity index (χ0v) is 13.1. The van der Waals surface area contributed by atoms with Crippen molar-refractivity contribution in [3.63, 3.8) is 0 Å². The number of halogens is 1. The second-order valence-corrected chi connectivity index (χ2v) is 5.03. The summed E-state index contributed by atoms with van der Waals surface area (Å²) < 4.78 is 5.53. The Bertz CT molecular complexity index is 688. The summed E-state index contributed by atoms with van der Waals surface area (Å²) in [5.41, 5.74) is 2.42. The standard InChI is InChI=1S/C14H15ClN4O4/c1-2-4-16-14(20)11-6-9(19(21)22)7-12(13(11)15)23-10-3-5-17-18-8-10/h3,6-8,17H,2,4-5H2,1H3,(H,16,20). The molecule has 2 rings (SSSR count). The van der Waals surface area contributed by atoms with Crippen LogP contribution < -0.4 is 15.5 Å². The van der Waals surface area contributed by atoms with Crippen LogP contribution in [0.15, 0.2) is 29.1 Å². The molecule has 1 heterocycles. The Labute approximate surface area is 137 Å². The second kappa shape index (κ2) is 7.59. The van der Waals surface area contributed by atoms with E-state index in [-0.39, 0.29) is 22.0 Å². The number of carbonyl (C=O) groups is 1. The van der Waals surface area contributed by atoms with Gasteiger partial charge in [0.15, 0.2) is 5.75 Å². The van der Waals surface area contributed by atoms with Gasteiger partial charge in [-0.1, -0.05) is 18.5 Å². The maximum absolute atomic E-state index is 12.1. The lowest BCUT2D eigenvalue weighted by Gasteiger charge is -2.13. The van der Waals surface area contributed by atoms with E-state index in [0.717, 1.165) is 12.5 Å². The summed E-state index contributed by atoms with van der Waals surface area (Å²) in [6, 6.07) is 2.31. The van der Waals surface area contributed by atoms with E-state index in [2.05, 4.69) is 15.8 Å². The Balaban J connectivity index is 2.38. The third-order valence-electron chi connectivity index (χ3n) is 2.92. The molecule has 1 amide bonds. The Morgan fingerprint density at radius 1 is 1.57 bits per heavy atom. The Morgan fingerprint density at radius 3 is 2.96 bits per heavy atom. The summed E-state index contributed by atoms with van der Waals surface area (Å²) >= 11 is 6.18. The Morgan fingerprint density at radius 2 is 2.35 bits per heavy atom. The smallest absolute Gasteiger partial charge is 0.274 e. The molecule has 0 unspecified atom stereocenters. The van der Waals surface area contributed by atoms with Gasteiger partial charge in [-0.05, 0) is 12.5 Å². The van der Waals surface area contributed by atoms with Gasteiger partial charge in [0.25, 0.3) is 11.6 Å². The molecule has 0 fully saturated rings. The van der Waals surface area contributed by atoms with Crippen LogP contribution in [0.3, 0.4) is 0 Å². The van der Waals surface area contributed by atoms with E-state index in [1.807, 2.05) is 6.92 Å². The Hall–Kier alpha value is -2.61. The lowest BCUT2D eigenvalue weighted by molar-refractivity contribution is -0.384. The average Bonchev–Trinajstić information content (AvgIpc) is 2.55. The summed E-state index contributed by atoms with van der Waals surface area (Å²) in [4.78, 5) is 22.6. The highest BCUT2D eigenvalue weighted by Crippen LogP contribution is 2.34. The molecule has 0 aliphatic carbocycles. The van der Waals surface area contributed by atoms with Gasteiger partial charge in [0, 0.05) is 12.6 Å². The molecule has 0 radical (unpaired) electrons. The monoisotopic (exact) mass is 338 g/mol. The number of nitrogens with one attached hydrogen (secondary N) is 2. The second-order valence-electron chi connectivity index (χ2n) is 4.65. The van der Waals surface area contributed by atoms with Crippen LogP contribution in [-0.2, 0) is 0 Å². The first-order valence-electron chi connectivity index (χ1n) is 6.93. The maximum atomic E-state index is 12.1. The van der Waals surface area contributed by atoms with Crippen molar-refractivity contribution in [1.82, 2.24) is 10.7 Å². The normalized spacial score (nSPS) is 13.0. The number of nitro groups is 1. The van der Waals surface area contributed by atoms with Crippen molar-refractivity contribution in [3.8, 4) is 5.75 Å². The molecule has 9 heteroatoms. The van der Waals surface area contributed by atoms with E-state index in [1.165, 1.54) is 12.3 Å². The van der Waals surface area contributed by atoms with Gasteiger partial charge in [0.05, 0.1) is 34.3 Å². The molecule has 23 heavy (non-hydrogen) atoms. The van der Waals surface area contributed by atoms with Crippen LogP contribution >= 0.6 is 11.6 Å². The molecule has 0 saturated carbocycles. The molecular formula is C14H15ClN4O4. The van der Waals surface area contributed by atoms with Gasteiger partial charge in [-0.25, -0.2) is 0 Å². The molecule has 2 N–H and O–H groups in total. The first-order chi connectivity index (χ1) is 11.0. The van der Waals surface area contributed by atoms with E-state index >= 15 is 0 Å². The number of hydrogen-bond donors (Lipinski definition) is 2. The van der Waals surface area contributed by atoms with E-state index in [9.17, 15) is 14.9 Å². The van der Waals surface area contributed by atoms with Gasteiger partial charge in [-0.2, -0.15) is 5.10 Å². The predicted octanol–water partition coefficient (Wildman–Crippen LogP) is 2.24. The minimum absolute atomic E-state index is 0.00390. The predicted molar refractivity (Wildman–Crippen MR) is 85.9 cm³/mol. The number of hydrazone groups is 1. The third-order valence-corrected chi connectivity index (χ3v) is 3.31. The van der Waals surface area contributed by atoms with Gasteiger partial charge in [-0.15, -0.1) is 0 Å². The molecule has 0 spiro atoms. The van der Waals surface area contributed by atoms with Crippen LogP contribution in [0.2, 0.25) is 5.02 Å². The van der Waals surface area contributed by atoms with Crippen LogP contribution in [0.4, 0.5) is 5.69 Å². The molecule has 8 nitrogen and oxygen atoms in total. The molecule has 0 aromatic heterocycles. The molecule has 1 aromatic carbocycles. The van der Waals surface area contributed by atoms with Crippen molar-refractivity contribution >= 4 is 29.4 Å². The van der Waals surface area contributed by atoms with Gasteiger partial charge in [0.2, 0.25) is 0 Å². The largest absolute Gasteiger partial charge is 0.454 e. The van der Waals surface area contributed by atoms with Crippen LogP contribution in [-0.4, -0.2) is 30.1 Å². The number of ether oxygens (including phenoxy) is 1. The van der Waals surface area contributed by atoms with Crippen molar-refractivity contribution in [2.75, 3.05) is 13.1 Å². The fourth-order valence-electron chi connectivity index (χ4n) is 1.82. The fourth-order valence-corrected chi connectivity index (χ4v) is 2.05. The first kappa shape index (κ1) is 16.8. The van der Waals surface area contributed by atoms with Gasteiger partial charge >= 0.3 is 0 Å². The molecular weight excluding hydrogens is 324 g/mol. The molecule has 0 atom stereocenters.